The lowest BCUT2D eigenvalue weighted by molar-refractivity contribution is 0.0580. The molecule has 116 valence electrons. The number of hydrogen-bond donors (Lipinski definition) is 1. The predicted octanol–water partition coefficient (Wildman–Crippen LogP) is 2.07. The zero-order valence-corrected chi connectivity index (χ0v) is 13.3. The Balaban J connectivity index is 2.02. The largest absolute Gasteiger partial charge is 0.385 e. The third-order valence-electron chi connectivity index (χ3n) is 4.23. The maximum absolute atomic E-state index is 12.7. The van der Waals surface area contributed by atoms with Crippen LogP contribution in [-0.4, -0.2) is 59.5 Å². The van der Waals surface area contributed by atoms with Crippen LogP contribution < -0.4 is 5.32 Å². The van der Waals surface area contributed by atoms with Gasteiger partial charge in [0.1, 0.15) is 0 Å². The lowest BCUT2D eigenvalue weighted by atomic mass is 10.1. The van der Waals surface area contributed by atoms with Gasteiger partial charge in [0.15, 0.2) is 0 Å². The van der Waals surface area contributed by atoms with Gasteiger partial charge in [-0.15, -0.1) is 0 Å². The summed E-state index contributed by atoms with van der Waals surface area (Å²) >= 11 is 0. The summed E-state index contributed by atoms with van der Waals surface area (Å²) in [5.74, 6) is 0.0860. The van der Waals surface area contributed by atoms with Crippen molar-refractivity contribution in [3.8, 4) is 0 Å². The third-order valence-corrected chi connectivity index (χ3v) is 4.23. The number of amides is 1. The van der Waals surface area contributed by atoms with E-state index in [4.69, 9.17) is 0 Å². The van der Waals surface area contributed by atoms with Gasteiger partial charge in [-0.3, -0.25) is 14.7 Å². The zero-order chi connectivity index (χ0) is 15.2. The van der Waals surface area contributed by atoms with Crippen molar-refractivity contribution < 1.29 is 4.79 Å². The molecule has 1 fully saturated rings. The van der Waals surface area contributed by atoms with Crippen molar-refractivity contribution in [1.82, 2.24) is 14.8 Å². The highest BCUT2D eigenvalue weighted by atomic mass is 16.2. The van der Waals surface area contributed by atoms with Crippen LogP contribution >= 0.6 is 0 Å². The second-order valence-corrected chi connectivity index (χ2v) is 5.54. The fraction of sp³-hybridized carbons (Fsp3) is 0.625. The van der Waals surface area contributed by atoms with Crippen LogP contribution in [0.25, 0.3) is 0 Å². The van der Waals surface area contributed by atoms with Crippen LogP contribution in [0.1, 0.15) is 37.6 Å². The number of rotatable bonds is 5. The fourth-order valence-electron chi connectivity index (χ4n) is 2.70. The van der Waals surface area contributed by atoms with E-state index in [9.17, 15) is 4.79 Å². The van der Waals surface area contributed by atoms with Gasteiger partial charge in [-0.2, -0.15) is 0 Å². The second-order valence-electron chi connectivity index (χ2n) is 5.54. The molecular weight excluding hydrogens is 264 g/mol. The minimum atomic E-state index is 0.0860. The van der Waals surface area contributed by atoms with Gasteiger partial charge in [0, 0.05) is 51.2 Å². The quantitative estimate of drug-likeness (QED) is 0.902. The van der Waals surface area contributed by atoms with E-state index in [1.54, 1.807) is 12.4 Å². The molecule has 0 aliphatic carbocycles. The van der Waals surface area contributed by atoms with Crippen molar-refractivity contribution in [2.75, 3.05) is 38.0 Å². The van der Waals surface area contributed by atoms with E-state index in [2.05, 4.69) is 29.0 Å². The number of carbonyl (C=O) groups is 1. The molecule has 1 aliphatic heterocycles. The SMILES string of the molecule is CCNc1ccncc1C(=O)N1CCN(C(C)CC)CC1. The normalized spacial score (nSPS) is 17.6. The van der Waals surface area contributed by atoms with Gasteiger partial charge in [-0.1, -0.05) is 6.92 Å². The molecule has 1 N–H and O–H groups in total. The molecule has 0 spiro atoms. The molecule has 5 nitrogen and oxygen atoms in total. The average molecular weight is 290 g/mol. The van der Waals surface area contributed by atoms with E-state index in [-0.39, 0.29) is 5.91 Å². The molecule has 1 aliphatic rings. The van der Waals surface area contributed by atoms with Crippen molar-refractivity contribution >= 4 is 11.6 Å². The topological polar surface area (TPSA) is 48.5 Å². The van der Waals surface area contributed by atoms with E-state index >= 15 is 0 Å². The molecule has 0 bridgehead atoms. The average Bonchev–Trinajstić information content (AvgIpc) is 2.54. The van der Waals surface area contributed by atoms with Crippen LogP contribution in [0.5, 0.6) is 0 Å². The van der Waals surface area contributed by atoms with E-state index in [0.717, 1.165) is 44.8 Å². The summed E-state index contributed by atoms with van der Waals surface area (Å²) in [4.78, 5) is 21.2. The number of piperazine rings is 1. The Morgan fingerprint density at radius 1 is 1.33 bits per heavy atom. The molecule has 0 saturated carbocycles. The highest BCUT2D eigenvalue weighted by molar-refractivity contribution is 5.99. The van der Waals surface area contributed by atoms with E-state index < -0.39 is 0 Å². The molecule has 1 aromatic rings. The number of carbonyl (C=O) groups excluding carboxylic acids is 1. The van der Waals surface area contributed by atoms with Crippen molar-refractivity contribution in [1.29, 1.82) is 0 Å². The Morgan fingerprint density at radius 2 is 2.05 bits per heavy atom. The second kappa shape index (κ2) is 7.41. The first-order valence-corrected chi connectivity index (χ1v) is 7.88. The summed E-state index contributed by atoms with van der Waals surface area (Å²) in [6.07, 6.45) is 4.54. The molecule has 1 amide bonds. The van der Waals surface area contributed by atoms with Crippen LogP contribution in [0.4, 0.5) is 5.69 Å². The third kappa shape index (κ3) is 3.73. The number of nitrogens with one attached hydrogen (secondary N) is 1. The lowest BCUT2D eigenvalue weighted by Gasteiger charge is -2.38. The summed E-state index contributed by atoms with van der Waals surface area (Å²) in [7, 11) is 0. The monoisotopic (exact) mass is 290 g/mol. The summed E-state index contributed by atoms with van der Waals surface area (Å²) < 4.78 is 0. The molecule has 0 radical (unpaired) electrons. The number of aromatic nitrogens is 1. The molecule has 1 aromatic heterocycles. The van der Waals surface area contributed by atoms with Gasteiger partial charge < -0.3 is 10.2 Å². The van der Waals surface area contributed by atoms with Crippen molar-refractivity contribution in [3.63, 3.8) is 0 Å². The van der Waals surface area contributed by atoms with Gasteiger partial charge in [0.25, 0.3) is 5.91 Å². The Kier molecular flexibility index (Phi) is 5.56. The first-order chi connectivity index (χ1) is 10.2. The Bertz CT molecular complexity index is 469. The summed E-state index contributed by atoms with van der Waals surface area (Å²) in [6.45, 7) is 10.8. The van der Waals surface area contributed by atoms with Gasteiger partial charge in [-0.05, 0) is 26.3 Å². The van der Waals surface area contributed by atoms with E-state index in [0.29, 0.717) is 11.6 Å². The smallest absolute Gasteiger partial charge is 0.257 e. The van der Waals surface area contributed by atoms with Crippen LogP contribution in [-0.2, 0) is 0 Å². The number of anilines is 1. The van der Waals surface area contributed by atoms with Gasteiger partial charge in [-0.25, -0.2) is 0 Å². The maximum Gasteiger partial charge on any atom is 0.257 e. The predicted molar refractivity (Wildman–Crippen MR) is 85.6 cm³/mol. The van der Waals surface area contributed by atoms with Crippen LogP contribution in [0.3, 0.4) is 0 Å². The molecule has 5 heteroatoms. The van der Waals surface area contributed by atoms with Gasteiger partial charge in [0.2, 0.25) is 0 Å². The summed E-state index contributed by atoms with van der Waals surface area (Å²) in [5, 5.41) is 3.23. The summed E-state index contributed by atoms with van der Waals surface area (Å²) in [6, 6.07) is 2.46. The van der Waals surface area contributed by atoms with Crippen LogP contribution in [0.2, 0.25) is 0 Å². The zero-order valence-electron chi connectivity index (χ0n) is 13.3. The molecule has 1 saturated heterocycles. The minimum absolute atomic E-state index is 0.0860. The standard InChI is InChI=1S/C16H26N4O/c1-4-13(3)19-8-10-20(11-9-19)16(21)14-12-17-7-6-15(14)18-5-2/h6-7,12-13H,4-5,8-11H2,1-3H3,(H,17,18). The molecule has 2 heterocycles. The number of hydrogen-bond acceptors (Lipinski definition) is 4. The summed E-state index contributed by atoms with van der Waals surface area (Å²) in [5.41, 5.74) is 1.55. The highest BCUT2D eigenvalue weighted by Gasteiger charge is 2.25. The van der Waals surface area contributed by atoms with Crippen LogP contribution in [0, 0.1) is 0 Å². The Morgan fingerprint density at radius 3 is 2.67 bits per heavy atom. The minimum Gasteiger partial charge on any atom is -0.385 e. The maximum atomic E-state index is 12.7. The fourth-order valence-corrected chi connectivity index (χ4v) is 2.70. The van der Waals surface area contributed by atoms with E-state index in [1.165, 1.54) is 0 Å². The van der Waals surface area contributed by atoms with Crippen molar-refractivity contribution in [3.05, 3.63) is 24.0 Å². The molecular formula is C16H26N4O. The van der Waals surface area contributed by atoms with Crippen molar-refractivity contribution in [2.24, 2.45) is 0 Å². The molecule has 1 unspecified atom stereocenters. The number of pyridine rings is 1. The lowest BCUT2D eigenvalue weighted by Crippen LogP contribution is -2.51. The first-order valence-electron chi connectivity index (χ1n) is 7.88. The van der Waals surface area contributed by atoms with Crippen LogP contribution in [0.15, 0.2) is 18.5 Å². The number of nitrogens with zero attached hydrogens (tertiary/aromatic N) is 3. The van der Waals surface area contributed by atoms with E-state index in [1.807, 2.05) is 17.9 Å². The molecule has 0 aromatic carbocycles. The Hall–Kier alpha value is -1.62. The highest BCUT2D eigenvalue weighted by Crippen LogP contribution is 2.17. The first kappa shape index (κ1) is 15.8. The van der Waals surface area contributed by atoms with Gasteiger partial charge >= 0.3 is 0 Å². The molecule has 21 heavy (non-hydrogen) atoms. The molecule has 1 atom stereocenters. The molecule has 2 rings (SSSR count). The Labute approximate surface area is 127 Å². The van der Waals surface area contributed by atoms with Gasteiger partial charge in [0.05, 0.1) is 11.3 Å². The van der Waals surface area contributed by atoms with Crippen molar-refractivity contribution in [2.45, 2.75) is 33.2 Å².